The van der Waals surface area contributed by atoms with Crippen LogP contribution < -0.4 is 16.0 Å². The Labute approximate surface area is 352 Å². The third-order valence-electron chi connectivity index (χ3n) is 13.2. The number of hydrogen-bond acceptors (Lipinski definition) is 10. The van der Waals surface area contributed by atoms with Crippen LogP contribution in [0.5, 0.6) is 0 Å². The van der Waals surface area contributed by atoms with Crippen LogP contribution in [-0.2, 0) is 25.5 Å². The van der Waals surface area contributed by atoms with Crippen LogP contribution in [0.1, 0.15) is 115 Å². The highest BCUT2D eigenvalue weighted by Crippen LogP contribution is 2.40. The average Bonchev–Trinajstić information content (AvgIpc) is 3.98. The van der Waals surface area contributed by atoms with Gasteiger partial charge >= 0.3 is 0 Å². The van der Waals surface area contributed by atoms with Gasteiger partial charge in [0.2, 0.25) is 11.8 Å². The fraction of sp³-hybridized carbons (Fsp3) is 0.545. The van der Waals surface area contributed by atoms with Crippen molar-refractivity contribution in [2.24, 2.45) is 11.7 Å². The van der Waals surface area contributed by atoms with Crippen LogP contribution in [0.2, 0.25) is 0 Å². The summed E-state index contributed by atoms with van der Waals surface area (Å²) in [5.41, 5.74) is 10.1. The van der Waals surface area contributed by atoms with Crippen LogP contribution in [0, 0.1) is 12.8 Å². The number of halogens is 2. The summed E-state index contributed by atoms with van der Waals surface area (Å²) in [5, 5.41) is 12.8. The van der Waals surface area contributed by atoms with Crippen LogP contribution in [-0.4, -0.2) is 104 Å². The number of piperidine rings is 2. The highest BCUT2D eigenvalue weighted by molar-refractivity contribution is 6.01. The van der Waals surface area contributed by atoms with E-state index in [0.717, 1.165) is 82.1 Å². The number of nitrogens with one attached hydrogen (secondary N) is 1. The van der Waals surface area contributed by atoms with Gasteiger partial charge in [0.15, 0.2) is 11.3 Å². The molecule has 17 heteroatoms. The van der Waals surface area contributed by atoms with Gasteiger partial charge in [-0.15, -0.1) is 0 Å². The molecule has 0 radical (unpaired) electrons. The van der Waals surface area contributed by atoms with Gasteiger partial charge in [-0.2, -0.15) is 10.2 Å². The molecule has 0 bridgehead atoms. The van der Waals surface area contributed by atoms with Gasteiger partial charge in [-0.05, 0) is 93.9 Å². The standard InChI is InChI=1S/C44H54F2N10O5/c1-27-23-54(33-12-13-36(57)49-44(33)59)32-7-2-5-29(37(27)32)6-3-21-61-31-14-18-52(19-15-31)24-28-8-10-30(11-9-28)56-25-34(40(51-56)41(45)46)53-20-22-60-26-35(53)39-38(42(47)58)43-48-16-4-17-55(43)50-39/h2,4-5,7,16-17,23,25,28,30-31,33,35,41H,3,6,8-15,18-22,24,26H2,1H3,(H2,47,58)(H,49,57,59)/t28?,30?,33-,35+/m1/s1. The number of carbonyl (C=O) groups excluding carboxylic acids is 3. The first-order chi connectivity index (χ1) is 29.6. The van der Waals surface area contributed by atoms with Gasteiger partial charge in [0.05, 0.1) is 37.1 Å². The summed E-state index contributed by atoms with van der Waals surface area (Å²) in [5.74, 6) is -0.598. The molecular formula is C44H54F2N10O5. The number of anilines is 1. The Balaban J connectivity index is 0.753. The third kappa shape index (κ3) is 8.39. The molecule has 61 heavy (non-hydrogen) atoms. The summed E-state index contributed by atoms with van der Waals surface area (Å²) in [6.07, 6.45) is 12.8. The number of carbonyl (C=O) groups is 3. The van der Waals surface area contributed by atoms with Crippen molar-refractivity contribution in [3.63, 3.8) is 0 Å². The van der Waals surface area contributed by atoms with Crippen molar-refractivity contribution in [2.45, 2.75) is 102 Å². The molecule has 1 saturated carbocycles. The minimum atomic E-state index is -2.78. The lowest BCUT2D eigenvalue weighted by Gasteiger charge is -2.37. The van der Waals surface area contributed by atoms with E-state index in [9.17, 15) is 23.2 Å². The Morgan fingerprint density at radius 2 is 1.84 bits per heavy atom. The molecule has 7 heterocycles. The number of rotatable bonds is 13. The molecule has 4 fully saturated rings. The van der Waals surface area contributed by atoms with Crippen LogP contribution >= 0.6 is 0 Å². The number of aromatic nitrogens is 6. The molecule has 0 spiro atoms. The van der Waals surface area contributed by atoms with E-state index in [4.69, 9.17) is 15.2 Å². The summed E-state index contributed by atoms with van der Waals surface area (Å²) in [4.78, 5) is 45.6. The number of alkyl halides is 2. The highest BCUT2D eigenvalue weighted by atomic mass is 19.3. The Morgan fingerprint density at radius 1 is 1.02 bits per heavy atom. The Bertz CT molecular complexity index is 2400. The fourth-order valence-electron chi connectivity index (χ4n) is 10.2. The number of hydrogen-bond donors (Lipinski definition) is 2. The maximum atomic E-state index is 14.6. The zero-order chi connectivity index (χ0) is 42.2. The minimum Gasteiger partial charge on any atom is -0.378 e. The van der Waals surface area contributed by atoms with Crippen molar-refractivity contribution < 1.29 is 32.6 Å². The van der Waals surface area contributed by atoms with E-state index >= 15 is 0 Å². The molecule has 4 aromatic heterocycles. The monoisotopic (exact) mass is 840 g/mol. The van der Waals surface area contributed by atoms with E-state index < -0.39 is 18.4 Å². The summed E-state index contributed by atoms with van der Waals surface area (Å²) < 4.78 is 46.7. The largest absolute Gasteiger partial charge is 0.378 e. The zero-order valence-corrected chi connectivity index (χ0v) is 34.6. The number of benzene rings is 1. The summed E-state index contributed by atoms with van der Waals surface area (Å²) in [6.45, 7) is 6.61. The van der Waals surface area contributed by atoms with Crippen LogP contribution in [0.3, 0.4) is 0 Å². The van der Waals surface area contributed by atoms with Crippen LogP contribution in [0.15, 0.2) is 49.1 Å². The number of aryl methyl sites for hydroxylation is 2. The number of morpholine rings is 1. The van der Waals surface area contributed by atoms with Crippen LogP contribution in [0.4, 0.5) is 14.5 Å². The second-order valence-corrected chi connectivity index (χ2v) is 17.1. The van der Waals surface area contributed by atoms with Gasteiger partial charge in [0.25, 0.3) is 12.3 Å². The second kappa shape index (κ2) is 17.6. The molecule has 4 aliphatic rings. The minimum absolute atomic E-state index is 0.0165. The first kappa shape index (κ1) is 41.1. The van der Waals surface area contributed by atoms with E-state index in [2.05, 4.69) is 44.5 Å². The van der Waals surface area contributed by atoms with Gasteiger partial charge in [-0.3, -0.25) is 24.4 Å². The predicted octanol–water partition coefficient (Wildman–Crippen LogP) is 5.63. The average molecular weight is 841 g/mol. The summed E-state index contributed by atoms with van der Waals surface area (Å²) in [6, 6.07) is 6.97. The maximum Gasteiger partial charge on any atom is 0.284 e. The van der Waals surface area contributed by atoms with Gasteiger partial charge in [0, 0.05) is 74.9 Å². The molecule has 5 aromatic rings. The number of likely N-dealkylation sites (tertiary alicyclic amines) is 1. The molecule has 3 aliphatic heterocycles. The molecule has 3 N–H and O–H groups in total. The summed E-state index contributed by atoms with van der Waals surface area (Å²) >= 11 is 0. The molecule has 0 unspecified atom stereocenters. The Morgan fingerprint density at radius 3 is 2.61 bits per heavy atom. The number of primary amides is 1. The van der Waals surface area contributed by atoms with Crippen molar-refractivity contribution in [2.75, 3.05) is 50.9 Å². The second-order valence-electron chi connectivity index (χ2n) is 17.1. The fourth-order valence-corrected chi connectivity index (χ4v) is 10.2. The number of nitrogens with two attached hydrogens (primary N) is 1. The molecule has 324 valence electrons. The number of amides is 3. The first-order valence-electron chi connectivity index (χ1n) is 21.7. The van der Waals surface area contributed by atoms with Gasteiger partial charge < -0.3 is 29.6 Å². The van der Waals surface area contributed by atoms with E-state index in [1.54, 1.807) is 29.3 Å². The van der Waals surface area contributed by atoms with Crippen molar-refractivity contribution >= 4 is 40.0 Å². The first-order valence-corrected chi connectivity index (χ1v) is 21.7. The highest BCUT2D eigenvalue weighted by Gasteiger charge is 2.37. The normalized spacial score (nSPS) is 23.4. The van der Waals surface area contributed by atoms with Crippen molar-refractivity contribution in [3.05, 3.63) is 77.1 Å². The smallest absolute Gasteiger partial charge is 0.284 e. The molecule has 3 amide bonds. The van der Waals surface area contributed by atoms with Crippen molar-refractivity contribution in [3.8, 4) is 0 Å². The van der Waals surface area contributed by atoms with E-state index in [1.165, 1.54) is 15.5 Å². The van der Waals surface area contributed by atoms with E-state index in [1.807, 2.05) is 21.7 Å². The lowest BCUT2D eigenvalue weighted by Crippen LogP contribution is -2.41. The van der Waals surface area contributed by atoms with Crippen molar-refractivity contribution in [1.82, 2.24) is 39.2 Å². The predicted molar refractivity (Wildman–Crippen MR) is 222 cm³/mol. The summed E-state index contributed by atoms with van der Waals surface area (Å²) in [7, 11) is 0. The SMILES string of the molecule is Cc1cn([C@@H]2CCC(=O)NC2=O)c2cccc(CCCOC3CCN(CC4CCC(n5cc(N6CCOC[C@H]6c6nn7cccnc7c6C(N)=O)c(C(F)F)n5)CC4)CC3)c12. The number of fused-ring (bicyclic) bond motifs is 2. The molecule has 9 rings (SSSR count). The lowest BCUT2D eigenvalue weighted by atomic mass is 9.85. The molecular weight excluding hydrogens is 787 g/mol. The third-order valence-corrected chi connectivity index (χ3v) is 13.2. The molecule has 3 saturated heterocycles. The van der Waals surface area contributed by atoms with Crippen molar-refractivity contribution in [1.29, 1.82) is 0 Å². The topological polar surface area (TPSA) is 167 Å². The molecule has 2 atom stereocenters. The Kier molecular flexibility index (Phi) is 11.9. The van der Waals surface area contributed by atoms with Gasteiger partial charge in [-0.25, -0.2) is 18.3 Å². The molecule has 1 aliphatic carbocycles. The molecule has 15 nitrogen and oxygen atoms in total. The van der Waals surface area contributed by atoms with Crippen LogP contribution in [0.25, 0.3) is 16.6 Å². The Hall–Kier alpha value is -5.26. The number of imide groups is 1. The number of ether oxygens (including phenoxy) is 2. The zero-order valence-electron chi connectivity index (χ0n) is 34.6. The maximum absolute atomic E-state index is 14.6. The van der Waals surface area contributed by atoms with Gasteiger partial charge in [-0.1, -0.05) is 12.1 Å². The quantitative estimate of drug-likeness (QED) is 0.112. The van der Waals surface area contributed by atoms with E-state index in [-0.39, 0.29) is 47.9 Å². The number of nitrogens with zero attached hydrogens (tertiary/aromatic N) is 8. The lowest BCUT2D eigenvalue weighted by molar-refractivity contribution is -0.135. The van der Waals surface area contributed by atoms with Gasteiger partial charge in [0.1, 0.15) is 17.3 Å². The molecule has 1 aromatic carbocycles. The van der Waals surface area contributed by atoms with E-state index in [0.29, 0.717) is 55.5 Å².